The lowest BCUT2D eigenvalue weighted by molar-refractivity contribution is -0.138. The summed E-state index contributed by atoms with van der Waals surface area (Å²) in [4.78, 5) is 24.3. The lowest BCUT2D eigenvalue weighted by atomic mass is 9.50. The summed E-state index contributed by atoms with van der Waals surface area (Å²) in [6.07, 6.45) is 7.25. The number of nitrogen functional groups attached to an aromatic ring is 1. The van der Waals surface area contributed by atoms with Gasteiger partial charge in [0.2, 0.25) is 11.9 Å². The van der Waals surface area contributed by atoms with Crippen LogP contribution in [0.1, 0.15) is 44.6 Å². The minimum Gasteiger partial charge on any atom is -0.480 e. The Hall–Kier alpha value is -2.74. The number of hydrogen-bond acceptors (Lipinski definition) is 7. The van der Waals surface area contributed by atoms with Crippen molar-refractivity contribution in [3.8, 4) is 11.4 Å². The first-order chi connectivity index (χ1) is 15.4. The van der Waals surface area contributed by atoms with Crippen LogP contribution in [0.3, 0.4) is 0 Å². The average molecular weight is 437 g/mol. The molecule has 1 unspecified atom stereocenters. The number of rotatable bonds is 7. The summed E-state index contributed by atoms with van der Waals surface area (Å²) >= 11 is 0. The first-order valence-corrected chi connectivity index (χ1v) is 11.7. The third-order valence-corrected chi connectivity index (χ3v) is 7.87. The average Bonchev–Trinajstić information content (AvgIpc) is 2.73. The van der Waals surface area contributed by atoms with Crippen LogP contribution in [-0.2, 0) is 11.2 Å². The van der Waals surface area contributed by atoms with E-state index >= 15 is 0 Å². The Balaban J connectivity index is 1.30. The van der Waals surface area contributed by atoms with Crippen LogP contribution in [0.15, 0.2) is 24.3 Å². The van der Waals surface area contributed by atoms with Crippen molar-refractivity contribution in [2.75, 3.05) is 11.1 Å². The molecule has 2 aromatic rings. The molecule has 0 radical (unpaired) electrons. The summed E-state index contributed by atoms with van der Waals surface area (Å²) < 4.78 is 0. The van der Waals surface area contributed by atoms with E-state index in [0.717, 1.165) is 34.8 Å². The van der Waals surface area contributed by atoms with Gasteiger partial charge in [-0.2, -0.15) is 15.0 Å². The number of hydrogen-bond donors (Lipinski definition) is 4. The Morgan fingerprint density at radius 3 is 2.28 bits per heavy atom. The SMILES string of the molecule is CC(Nc1nc(N)nc(-c2ccc(C[C@H](N)C(=O)O)cc2)n1)C1C2CC3CC(C2)CC1C3. The molecular weight excluding hydrogens is 404 g/mol. The molecule has 6 N–H and O–H groups in total. The van der Waals surface area contributed by atoms with Crippen LogP contribution in [0.2, 0.25) is 0 Å². The third kappa shape index (κ3) is 4.16. The van der Waals surface area contributed by atoms with Crippen molar-refractivity contribution in [2.45, 2.75) is 57.5 Å². The summed E-state index contributed by atoms with van der Waals surface area (Å²) in [5.41, 5.74) is 13.3. The molecule has 4 bridgehead atoms. The number of carbonyl (C=O) groups is 1. The lowest BCUT2D eigenvalue weighted by Crippen LogP contribution is -2.50. The second-order valence-electron chi connectivity index (χ2n) is 10.1. The van der Waals surface area contributed by atoms with E-state index in [1.54, 1.807) is 0 Å². The third-order valence-electron chi connectivity index (χ3n) is 7.87. The van der Waals surface area contributed by atoms with Gasteiger partial charge in [-0.05, 0) is 80.6 Å². The zero-order valence-electron chi connectivity index (χ0n) is 18.4. The largest absolute Gasteiger partial charge is 0.480 e. The van der Waals surface area contributed by atoms with Crippen molar-refractivity contribution < 1.29 is 9.90 Å². The molecule has 8 heteroatoms. The van der Waals surface area contributed by atoms with E-state index in [2.05, 4.69) is 27.2 Å². The Morgan fingerprint density at radius 2 is 1.69 bits per heavy atom. The molecule has 2 atom stereocenters. The fraction of sp³-hybridized carbons (Fsp3) is 0.583. The predicted molar refractivity (Wildman–Crippen MR) is 123 cm³/mol. The molecule has 0 amide bonds. The molecule has 4 aliphatic rings. The fourth-order valence-corrected chi connectivity index (χ4v) is 6.80. The second-order valence-corrected chi connectivity index (χ2v) is 10.1. The summed E-state index contributed by atoms with van der Waals surface area (Å²) in [6, 6.07) is 6.80. The van der Waals surface area contributed by atoms with Crippen LogP contribution in [-0.4, -0.2) is 38.1 Å². The summed E-state index contributed by atoms with van der Waals surface area (Å²) in [6.45, 7) is 2.26. The Kier molecular flexibility index (Phi) is 5.49. The van der Waals surface area contributed by atoms with Gasteiger partial charge in [0.05, 0.1) is 0 Å². The summed E-state index contributed by atoms with van der Waals surface area (Å²) in [5.74, 6) is 4.41. The molecule has 1 aromatic heterocycles. The first kappa shape index (κ1) is 21.1. The smallest absolute Gasteiger partial charge is 0.320 e. The first-order valence-electron chi connectivity index (χ1n) is 11.7. The molecule has 32 heavy (non-hydrogen) atoms. The Labute approximate surface area is 188 Å². The van der Waals surface area contributed by atoms with E-state index in [4.69, 9.17) is 16.6 Å². The van der Waals surface area contributed by atoms with E-state index in [0.29, 0.717) is 23.7 Å². The molecular formula is C24H32N6O2. The van der Waals surface area contributed by atoms with Crippen molar-refractivity contribution in [3.05, 3.63) is 29.8 Å². The van der Waals surface area contributed by atoms with Crippen molar-refractivity contribution in [1.82, 2.24) is 15.0 Å². The van der Waals surface area contributed by atoms with Crippen LogP contribution >= 0.6 is 0 Å². The maximum Gasteiger partial charge on any atom is 0.320 e. The molecule has 4 aliphatic carbocycles. The number of benzene rings is 1. The van der Waals surface area contributed by atoms with Crippen molar-refractivity contribution in [3.63, 3.8) is 0 Å². The zero-order valence-corrected chi connectivity index (χ0v) is 18.4. The Morgan fingerprint density at radius 1 is 1.06 bits per heavy atom. The number of carboxylic acids is 1. The highest BCUT2D eigenvalue weighted by molar-refractivity contribution is 5.73. The topological polar surface area (TPSA) is 140 Å². The van der Waals surface area contributed by atoms with E-state index in [9.17, 15) is 4.79 Å². The van der Waals surface area contributed by atoms with E-state index < -0.39 is 12.0 Å². The van der Waals surface area contributed by atoms with Crippen LogP contribution < -0.4 is 16.8 Å². The molecule has 4 fully saturated rings. The highest BCUT2D eigenvalue weighted by Gasteiger charge is 2.49. The van der Waals surface area contributed by atoms with Gasteiger partial charge < -0.3 is 21.9 Å². The molecule has 0 spiro atoms. The zero-order chi connectivity index (χ0) is 22.4. The number of nitrogens with two attached hydrogens (primary N) is 2. The van der Waals surface area contributed by atoms with Gasteiger partial charge in [0.1, 0.15) is 6.04 Å². The highest BCUT2D eigenvalue weighted by Crippen LogP contribution is 2.57. The van der Waals surface area contributed by atoms with Crippen LogP contribution in [0.5, 0.6) is 0 Å². The van der Waals surface area contributed by atoms with Gasteiger partial charge in [0.15, 0.2) is 5.82 Å². The van der Waals surface area contributed by atoms with Crippen molar-refractivity contribution in [1.29, 1.82) is 0 Å². The number of anilines is 2. The molecule has 4 saturated carbocycles. The predicted octanol–water partition coefficient (Wildman–Crippen LogP) is 2.95. The lowest BCUT2D eigenvalue weighted by Gasteiger charge is -2.56. The molecule has 170 valence electrons. The van der Waals surface area contributed by atoms with E-state index in [-0.39, 0.29) is 12.4 Å². The standard InChI is InChI=1S/C24H32N6O2/c1-12(20-17-7-14-6-15(9-17)10-18(20)8-14)27-24-29-21(28-23(26)30-24)16-4-2-13(3-5-16)11-19(25)22(31)32/h2-5,12,14-15,17-20H,6-11,25H2,1H3,(H,31,32)(H3,26,27,28,29,30)/t12?,14?,15?,17?,18?,19-,20?/m0/s1. The Bertz CT molecular complexity index is 966. The number of nitrogens with one attached hydrogen (secondary N) is 1. The van der Waals surface area contributed by atoms with Gasteiger partial charge in [0, 0.05) is 11.6 Å². The normalized spacial score (nSPS) is 30.1. The number of carboxylic acid groups (broad SMARTS) is 1. The molecule has 0 aliphatic heterocycles. The van der Waals surface area contributed by atoms with E-state index in [1.807, 2.05) is 24.3 Å². The fourth-order valence-electron chi connectivity index (χ4n) is 6.80. The minimum atomic E-state index is -1.01. The number of aliphatic carboxylic acids is 1. The van der Waals surface area contributed by atoms with E-state index in [1.165, 1.54) is 32.1 Å². The number of aromatic nitrogens is 3. The van der Waals surface area contributed by atoms with Crippen molar-refractivity contribution >= 4 is 17.9 Å². The van der Waals surface area contributed by atoms with Crippen LogP contribution in [0.25, 0.3) is 11.4 Å². The van der Waals surface area contributed by atoms with Gasteiger partial charge >= 0.3 is 5.97 Å². The van der Waals surface area contributed by atoms with Crippen LogP contribution in [0, 0.1) is 29.6 Å². The van der Waals surface area contributed by atoms with Crippen LogP contribution in [0.4, 0.5) is 11.9 Å². The molecule has 1 aromatic carbocycles. The maximum absolute atomic E-state index is 11.0. The summed E-state index contributed by atoms with van der Waals surface area (Å²) in [7, 11) is 0. The second kappa shape index (κ2) is 8.31. The van der Waals surface area contributed by atoms with Gasteiger partial charge in [-0.3, -0.25) is 4.79 Å². The number of nitrogens with zero attached hydrogens (tertiary/aromatic N) is 3. The molecule has 6 rings (SSSR count). The van der Waals surface area contributed by atoms with Crippen molar-refractivity contribution in [2.24, 2.45) is 35.3 Å². The van der Waals surface area contributed by atoms with Gasteiger partial charge in [-0.1, -0.05) is 24.3 Å². The molecule has 0 saturated heterocycles. The van der Waals surface area contributed by atoms with Gasteiger partial charge in [-0.15, -0.1) is 0 Å². The van der Waals surface area contributed by atoms with Gasteiger partial charge in [-0.25, -0.2) is 0 Å². The quantitative estimate of drug-likeness (QED) is 0.519. The highest BCUT2D eigenvalue weighted by atomic mass is 16.4. The minimum absolute atomic E-state index is 0.187. The summed E-state index contributed by atoms with van der Waals surface area (Å²) in [5, 5.41) is 12.5. The molecule has 1 heterocycles. The maximum atomic E-state index is 11.0. The molecule has 8 nitrogen and oxygen atoms in total. The monoisotopic (exact) mass is 436 g/mol. The van der Waals surface area contributed by atoms with Gasteiger partial charge in [0.25, 0.3) is 0 Å².